The second-order valence-corrected chi connectivity index (χ2v) is 11.6. The lowest BCUT2D eigenvalue weighted by atomic mass is 9.77. The van der Waals surface area contributed by atoms with Crippen LogP contribution >= 0.6 is 11.6 Å². The Kier molecular flexibility index (Phi) is 7.26. The number of nitrogens with zero attached hydrogens (tertiary/aromatic N) is 3. The van der Waals surface area contributed by atoms with Gasteiger partial charge in [0.15, 0.2) is 5.78 Å². The molecule has 4 aromatic rings. The van der Waals surface area contributed by atoms with E-state index in [9.17, 15) is 22.9 Å². The number of rotatable bonds is 2. The molecule has 0 radical (unpaired) electrons. The van der Waals surface area contributed by atoms with Gasteiger partial charge in [-0.05, 0) is 44.5 Å². The van der Waals surface area contributed by atoms with Gasteiger partial charge in [0.1, 0.15) is 17.9 Å². The maximum absolute atomic E-state index is 15.1. The Morgan fingerprint density at radius 2 is 1.70 bits per heavy atom. The van der Waals surface area contributed by atoms with Gasteiger partial charge < -0.3 is 5.11 Å². The zero-order valence-electron chi connectivity index (χ0n) is 21.3. The van der Waals surface area contributed by atoms with Crippen molar-refractivity contribution in [1.29, 1.82) is 0 Å². The third-order valence-corrected chi connectivity index (χ3v) is 9.01. The molecule has 8 nitrogen and oxygen atoms in total. The van der Waals surface area contributed by atoms with Crippen LogP contribution in [0.5, 0.6) is 5.75 Å². The summed E-state index contributed by atoms with van der Waals surface area (Å²) < 4.78 is 49.4. The van der Waals surface area contributed by atoms with E-state index in [0.717, 1.165) is 12.1 Å². The molecule has 0 amide bonds. The van der Waals surface area contributed by atoms with Crippen molar-refractivity contribution in [2.24, 2.45) is 5.92 Å². The smallest absolute Gasteiger partial charge is 0.268 e. The van der Waals surface area contributed by atoms with Gasteiger partial charge >= 0.3 is 0 Å². The minimum Gasteiger partial charge on any atom is -0.506 e. The van der Waals surface area contributed by atoms with Crippen LogP contribution in [0.1, 0.15) is 41.3 Å². The highest BCUT2D eigenvalue weighted by molar-refractivity contribution is 7.86. The summed E-state index contributed by atoms with van der Waals surface area (Å²) in [6.45, 7) is 3.38. The number of phenols is 1. The fourth-order valence-electron chi connectivity index (χ4n) is 5.65. The molecule has 3 atom stereocenters. The number of Topliss-reactive ketones (excluding diaryl/α,β-unsaturated/α-hetero) is 1. The third-order valence-electron chi connectivity index (χ3n) is 7.18. The average Bonchev–Trinajstić information content (AvgIpc) is 2.91. The number of benzene rings is 3. The Labute approximate surface area is 233 Å². The number of carbonyl (C=O) groups is 1. The highest BCUT2D eigenvalue weighted by Gasteiger charge is 2.40. The fraction of sp³-hybridized carbons (Fsp3) is 0.172. The standard InChI is InChI=1S/C26H20ClFO5S.C3H3N3/c1-12-9-14-7-8-17-15-5-3-4-6-16(15)23(18-10-21(29)19(27)11-20(18)28)25(30)24(17)22(14)13(2)26(12)34(31,32)33;1-2-5-6-3-4-1/h3-13,26,29H,1-2H3,(H,31,32,33);1-3H. The zero-order valence-corrected chi connectivity index (χ0v) is 22.9. The van der Waals surface area contributed by atoms with E-state index in [2.05, 4.69) is 15.2 Å². The number of fused-ring (bicyclic) bond motifs is 4. The molecule has 0 saturated carbocycles. The van der Waals surface area contributed by atoms with Crippen LogP contribution in [-0.4, -0.2) is 44.3 Å². The first-order valence-electron chi connectivity index (χ1n) is 12.2. The van der Waals surface area contributed by atoms with Crippen LogP contribution in [0.4, 0.5) is 4.39 Å². The van der Waals surface area contributed by atoms with Crippen molar-refractivity contribution in [3.8, 4) is 5.75 Å². The molecule has 204 valence electrons. The summed E-state index contributed by atoms with van der Waals surface area (Å²) >= 11 is 5.86. The molecule has 0 bridgehead atoms. The molecule has 0 saturated heterocycles. The fourth-order valence-corrected chi connectivity index (χ4v) is 7.08. The van der Waals surface area contributed by atoms with Crippen LogP contribution < -0.4 is 10.4 Å². The van der Waals surface area contributed by atoms with Gasteiger partial charge in [0.2, 0.25) is 0 Å². The number of ketones is 1. The number of carbonyl (C=O) groups excluding carboxylic acids is 1. The Balaban J connectivity index is 0.000000477. The van der Waals surface area contributed by atoms with Crippen LogP contribution in [0.3, 0.4) is 0 Å². The second kappa shape index (κ2) is 10.5. The molecule has 2 aliphatic carbocycles. The lowest BCUT2D eigenvalue weighted by Crippen LogP contribution is -2.40. The monoisotopic (exact) mass is 579 g/mol. The van der Waals surface area contributed by atoms with Gasteiger partial charge in [-0.25, -0.2) is 9.37 Å². The summed E-state index contributed by atoms with van der Waals surface area (Å²) in [7, 11) is -4.41. The SMILES string of the molecule is CC1C=c2ccc3c(c2C(C)C1S(=O)(=O)O)C(=O)C(c1cc(O)c(Cl)cc1F)=c1ccccc1=3.c1cnncn1. The second-order valence-electron chi connectivity index (χ2n) is 9.61. The number of halogens is 2. The van der Waals surface area contributed by atoms with E-state index in [1.807, 2.05) is 6.07 Å². The number of aromatic hydroxyl groups is 1. The Bertz CT molecular complexity index is 1960. The molecule has 2 N–H and O–H groups in total. The van der Waals surface area contributed by atoms with E-state index in [4.69, 9.17) is 11.6 Å². The van der Waals surface area contributed by atoms with E-state index in [0.29, 0.717) is 26.4 Å². The van der Waals surface area contributed by atoms with Gasteiger partial charge in [-0.15, -0.1) is 5.10 Å². The molecule has 1 heterocycles. The van der Waals surface area contributed by atoms with Gasteiger partial charge in [0.25, 0.3) is 10.1 Å². The number of phenolic OH excluding ortho intramolecular Hbond substituents is 1. The van der Waals surface area contributed by atoms with Crippen LogP contribution in [0, 0.1) is 22.2 Å². The van der Waals surface area contributed by atoms with Crippen molar-refractivity contribution in [2.45, 2.75) is 25.0 Å². The molecule has 6 rings (SSSR count). The topological polar surface area (TPSA) is 130 Å². The van der Waals surface area contributed by atoms with E-state index < -0.39 is 38.8 Å². The summed E-state index contributed by atoms with van der Waals surface area (Å²) in [4.78, 5) is 17.7. The van der Waals surface area contributed by atoms with Crippen LogP contribution in [0.2, 0.25) is 5.02 Å². The van der Waals surface area contributed by atoms with Crippen LogP contribution in [-0.2, 0) is 10.1 Å². The highest BCUT2D eigenvalue weighted by Crippen LogP contribution is 2.37. The van der Waals surface area contributed by atoms with Crippen molar-refractivity contribution in [1.82, 2.24) is 15.2 Å². The highest BCUT2D eigenvalue weighted by atomic mass is 35.5. The maximum atomic E-state index is 15.1. The van der Waals surface area contributed by atoms with Crippen molar-refractivity contribution in [2.75, 3.05) is 0 Å². The molecule has 0 spiro atoms. The van der Waals surface area contributed by atoms with Gasteiger partial charge in [-0.1, -0.05) is 67.9 Å². The Hall–Kier alpha value is -3.99. The van der Waals surface area contributed by atoms with Crippen molar-refractivity contribution < 1.29 is 27.3 Å². The maximum Gasteiger partial charge on any atom is 0.268 e. The molecule has 0 aliphatic heterocycles. The van der Waals surface area contributed by atoms with Crippen molar-refractivity contribution >= 4 is 39.2 Å². The quantitative estimate of drug-likeness (QED) is 0.345. The first kappa shape index (κ1) is 27.6. The summed E-state index contributed by atoms with van der Waals surface area (Å²) in [6.07, 6.45) is 6.23. The Morgan fingerprint density at radius 3 is 2.30 bits per heavy atom. The molecule has 3 unspecified atom stereocenters. The summed E-state index contributed by atoms with van der Waals surface area (Å²) in [5.41, 5.74) is 0.711. The Morgan fingerprint density at radius 1 is 0.975 bits per heavy atom. The molecule has 0 fully saturated rings. The third kappa shape index (κ3) is 4.78. The first-order chi connectivity index (χ1) is 19.0. The largest absolute Gasteiger partial charge is 0.506 e. The van der Waals surface area contributed by atoms with Gasteiger partial charge in [-0.3, -0.25) is 9.35 Å². The van der Waals surface area contributed by atoms with Crippen molar-refractivity contribution in [3.63, 3.8) is 0 Å². The molecule has 40 heavy (non-hydrogen) atoms. The van der Waals surface area contributed by atoms with E-state index >= 15 is 4.39 Å². The molecular weight excluding hydrogens is 557 g/mol. The average molecular weight is 580 g/mol. The van der Waals surface area contributed by atoms with E-state index in [1.165, 1.54) is 12.5 Å². The summed E-state index contributed by atoms with van der Waals surface area (Å²) in [5.74, 6) is -2.79. The minimum atomic E-state index is -4.41. The predicted molar refractivity (Wildman–Crippen MR) is 147 cm³/mol. The molecule has 3 aromatic carbocycles. The van der Waals surface area contributed by atoms with E-state index in [-0.39, 0.29) is 27.5 Å². The van der Waals surface area contributed by atoms with Crippen LogP contribution in [0.25, 0.3) is 11.6 Å². The number of aromatic nitrogens is 3. The zero-order chi connectivity index (χ0) is 28.8. The summed E-state index contributed by atoms with van der Waals surface area (Å²) in [5, 5.41) is 18.2. The predicted octanol–water partition coefficient (Wildman–Crippen LogP) is 3.53. The molecular formula is C29H23ClFN3O5S. The van der Waals surface area contributed by atoms with Gasteiger partial charge in [0, 0.05) is 28.8 Å². The molecule has 11 heteroatoms. The lowest BCUT2D eigenvalue weighted by Gasteiger charge is -2.32. The number of hydrogen-bond donors (Lipinski definition) is 2. The normalized spacial score (nSPS) is 19.4. The minimum absolute atomic E-state index is 0.0511. The molecule has 2 aliphatic rings. The number of hydrogen-bond acceptors (Lipinski definition) is 7. The van der Waals surface area contributed by atoms with E-state index in [1.54, 1.807) is 56.5 Å². The first-order valence-corrected chi connectivity index (χ1v) is 14.1. The van der Waals surface area contributed by atoms with Gasteiger partial charge in [0.05, 0.1) is 16.5 Å². The van der Waals surface area contributed by atoms with Crippen molar-refractivity contribution in [3.05, 3.63) is 116 Å². The van der Waals surface area contributed by atoms with Crippen LogP contribution in [0.15, 0.2) is 67.3 Å². The molecule has 1 aromatic heterocycles. The lowest BCUT2D eigenvalue weighted by molar-refractivity contribution is 0.105. The van der Waals surface area contributed by atoms with Gasteiger partial charge in [-0.2, -0.15) is 13.5 Å². The summed E-state index contributed by atoms with van der Waals surface area (Å²) in [6, 6.07) is 12.8.